The summed E-state index contributed by atoms with van der Waals surface area (Å²) in [4.78, 5) is 29.0. The number of rotatable bonds is 3. The van der Waals surface area contributed by atoms with Gasteiger partial charge in [0.15, 0.2) is 0 Å². The van der Waals surface area contributed by atoms with Gasteiger partial charge in [0.05, 0.1) is 11.3 Å². The van der Waals surface area contributed by atoms with Crippen molar-refractivity contribution in [3.05, 3.63) is 29.8 Å². The summed E-state index contributed by atoms with van der Waals surface area (Å²) in [6.07, 6.45) is 4.28. The largest absolute Gasteiger partial charge is 0.418 e. The number of amides is 3. The Bertz CT molecular complexity index is 813. The number of nitrogens with zero attached hydrogens (tertiary/aromatic N) is 2. The zero-order chi connectivity index (χ0) is 22.1. The van der Waals surface area contributed by atoms with Crippen LogP contribution >= 0.6 is 0 Å². The Morgan fingerprint density at radius 2 is 1.74 bits per heavy atom. The number of para-hydroxylation sites is 1. The molecule has 3 fully saturated rings. The van der Waals surface area contributed by atoms with Gasteiger partial charge in [-0.15, -0.1) is 0 Å². The van der Waals surface area contributed by atoms with Gasteiger partial charge in [-0.3, -0.25) is 4.79 Å². The molecular weight excluding hydrogens is 407 g/mol. The van der Waals surface area contributed by atoms with E-state index in [0.717, 1.165) is 19.0 Å². The minimum absolute atomic E-state index is 0.199. The lowest BCUT2D eigenvalue weighted by Crippen LogP contribution is -2.55. The summed E-state index contributed by atoms with van der Waals surface area (Å²) >= 11 is 0. The van der Waals surface area contributed by atoms with Crippen LogP contribution in [-0.2, 0) is 11.0 Å². The zero-order valence-corrected chi connectivity index (χ0v) is 17.7. The fourth-order valence-electron chi connectivity index (χ4n) is 5.48. The number of carbonyl (C=O) groups excluding carboxylic acids is 2. The molecule has 170 valence electrons. The molecule has 1 spiro atoms. The number of anilines is 1. The number of carbonyl (C=O) groups is 2. The molecule has 1 N–H and O–H groups in total. The molecule has 3 amide bonds. The van der Waals surface area contributed by atoms with E-state index in [1.165, 1.54) is 50.3 Å². The lowest BCUT2D eigenvalue weighted by molar-refractivity contribution is -0.137. The summed E-state index contributed by atoms with van der Waals surface area (Å²) in [6, 6.07) is 4.50. The first-order chi connectivity index (χ1) is 14.8. The summed E-state index contributed by atoms with van der Waals surface area (Å²) in [6.45, 7) is 1.69. The molecule has 2 saturated heterocycles. The Labute approximate surface area is 181 Å². The molecule has 8 heteroatoms. The lowest BCUT2D eigenvalue weighted by Gasteiger charge is -2.46. The molecule has 31 heavy (non-hydrogen) atoms. The molecule has 1 aliphatic carbocycles. The molecule has 4 rings (SSSR count). The number of hydrogen-bond acceptors (Lipinski definition) is 2. The Hall–Kier alpha value is -2.25. The zero-order valence-electron chi connectivity index (χ0n) is 17.7. The highest BCUT2D eigenvalue weighted by Gasteiger charge is 2.48. The van der Waals surface area contributed by atoms with Crippen molar-refractivity contribution in [3.8, 4) is 0 Å². The predicted octanol–water partition coefficient (Wildman–Crippen LogP) is 5.27. The van der Waals surface area contributed by atoms with Gasteiger partial charge in [-0.25, -0.2) is 4.79 Å². The van der Waals surface area contributed by atoms with Crippen molar-refractivity contribution in [1.29, 1.82) is 0 Å². The number of piperidine rings is 1. The molecular formula is C23H30F3N3O2. The van der Waals surface area contributed by atoms with Crippen molar-refractivity contribution in [2.75, 3.05) is 25.0 Å². The van der Waals surface area contributed by atoms with Gasteiger partial charge >= 0.3 is 12.2 Å². The molecule has 1 aromatic carbocycles. The van der Waals surface area contributed by atoms with Crippen molar-refractivity contribution in [2.45, 2.75) is 69.5 Å². The minimum Gasteiger partial charge on any atom is -0.337 e. The van der Waals surface area contributed by atoms with Gasteiger partial charge in [0.1, 0.15) is 0 Å². The van der Waals surface area contributed by atoms with Gasteiger partial charge < -0.3 is 15.1 Å². The number of nitrogens with one attached hydrogen (secondary N) is 1. The first-order valence-electron chi connectivity index (χ1n) is 11.3. The van der Waals surface area contributed by atoms with E-state index in [2.05, 4.69) is 10.2 Å². The highest BCUT2D eigenvalue weighted by molar-refractivity contribution is 5.90. The molecule has 0 radical (unpaired) electrons. The molecule has 1 saturated carbocycles. The number of likely N-dealkylation sites (tertiary alicyclic amines) is 2. The molecule has 2 heterocycles. The highest BCUT2D eigenvalue weighted by atomic mass is 19.4. The number of urea groups is 1. The van der Waals surface area contributed by atoms with Crippen LogP contribution in [0, 0.1) is 5.92 Å². The van der Waals surface area contributed by atoms with Crippen molar-refractivity contribution in [3.63, 3.8) is 0 Å². The lowest BCUT2D eigenvalue weighted by atomic mass is 9.83. The third kappa shape index (κ3) is 4.67. The summed E-state index contributed by atoms with van der Waals surface area (Å²) < 4.78 is 39.6. The van der Waals surface area contributed by atoms with Crippen molar-refractivity contribution in [1.82, 2.24) is 9.80 Å². The maximum absolute atomic E-state index is 13.2. The third-order valence-corrected chi connectivity index (χ3v) is 7.30. The van der Waals surface area contributed by atoms with Crippen LogP contribution < -0.4 is 5.32 Å². The smallest absolute Gasteiger partial charge is 0.337 e. The van der Waals surface area contributed by atoms with Crippen LogP contribution in [0.3, 0.4) is 0 Å². The van der Waals surface area contributed by atoms with Gasteiger partial charge in [-0.1, -0.05) is 31.4 Å². The molecule has 0 atom stereocenters. The SMILES string of the molecule is O=C(Nc1ccccc1C(F)(F)F)N1CCC2(CCC(=O)N2CC2CCCCC2)CC1. The molecule has 5 nitrogen and oxygen atoms in total. The van der Waals surface area contributed by atoms with E-state index in [1.54, 1.807) is 4.90 Å². The standard InChI is InChI=1S/C23H30F3N3O2/c24-23(25,26)18-8-4-5-9-19(18)27-21(31)28-14-12-22(13-15-28)11-10-20(30)29(22)16-17-6-2-1-3-7-17/h4-5,8-9,17H,1-3,6-7,10-16H2,(H,27,31). The summed E-state index contributed by atoms with van der Waals surface area (Å²) in [5.41, 5.74) is -1.28. The van der Waals surface area contributed by atoms with E-state index >= 15 is 0 Å². The van der Waals surface area contributed by atoms with Crippen LogP contribution in [-0.4, -0.2) is 46.9 Å². The van der Waals surface area contributed by atoms with Gasteiger partial charge in [-0.2, -0.15) is 13.2 Å². The normalized spacial score (nSPS) is 22.2. The molecule has 0 bridgehead atoms. The maximum atomic E-state index is 13.2. The topological polar surface area (TPSA) is 52.7 Å². The van der Waals surface area contributed by atoms with Gasteiger partial charge in [-0.05, 0) is 50.2 Å². The molecule has 0 aromatic heterocycles. The van der Waals surface area contributed by atoms with E-state index in [0.29, 0.717) is 38.3 Å². The first kappa shape index (κ1) is 22.0. The number of benzene rings is 1. The maximum Gasteiger partial charge on any atom is 0.418 e. The Morgan fingerprint density at radius 1 is 1.06 bits per heavy atom. The van der Waals surface area contributed by atoms with Gasteiger partial charge in [0, 0.05) is 31.6 Å². The fourth-order valence-corrected chi connectivity index (χ4v) is 5.48. The van der Waals surface area contributed by atoms with Crippen LogP contribution in [0.5, 0.6) is 0 Å². The van der Waals surface area contributed by atoms with Crippen LogP contribution in [0.2, 0.25) is 0 Å². The Kier molecular flexibility index (Phi) is 6.17. The molecule has 3 aliphatic rings. The van der Waals surface area contributed by atoms with Crippen LogP contribution in [0.4, 0.5) is 23.7 Å². The highest BCUT2D eigenvalue weighted by Crippen LogP contribution is 2.41. The van der Waals surface area contributed by atoms with Crippen molar-refractivity contribution in [2.24, 2.45) is 5.92 Å². The second kappa shape index (κ2) is 8.71. The second-order valence-electron chi connectivity index (χ2n) is 9.19. The Morgan fingerprint density at radius 3 is 2.42 bits per heavy atom. The molecule has 0 unspecified atom stereocenters. The van der Waals surface area contributed by atoms with Crippen LogP contribution in [0.1, 0.15) is 63.4 Å². The van der Waals surface area contributed by atoms with Crippen LogP contribution in [0.25, 0.3) is 0 Å². The number of alkyl halides is 3. The first-order valence-corrected chi connectivity index (χ1v) is 11.3. The van der Waals surface area contributed by atoms with Crippen molar-refractivity contribution >= 4 is 17.6 Å². The summed E-state index contributed by atoms with van der Waals surface area (Å²) in [7, 11) is 0. The number of hydrogen-bond donors (Lipinski definition) is 1. The Balaban J connectivity index is 1.39. The van der Waals surface area contributed by atoms with Gasteiger partial charge in [0.2, 0.25) is 5.91 Å². The fraction of sp³-hybridized carbons (Fsp3) is 0.652. The second-order valence-corrected chi connectivity index (χ2v) is 9.19. The average Bonchev–Trinajstić information content (AvgIpc) is 3.04. The number of halogens is 3. The molecule has 2 aliphatic heterocycles. The summed E-state index contributed by atoms with van der Waals surface area (Å²) in [5.74, 6) is 0.774. The average molecular weight is 438 g/mol. The van der Waals surface area contributed by atoms with Gasteiger partial charge in [0.25, 0.3) is 0 Å². The van der Waals surface area contributed by atoms with Crippen LogP contribution in [0.15, 0.2) is 24.3 Å². The molecule has 1 aromatic rings. The minimum atomic E-state index is -4.53. The van der Waals surface area contributed by atoms with E-state index < -0.39 is 17.8 Å². The van der Waals surface area contributed by atoms with Crippen molar-refractivity contribution < 1.29 is 22.8 Å². The predicted molar refractivity (Wildman–Crippen MR) is 112 cm³/mol. The third-order valence-electron chi connectivity index (χ3n) is 7.30. The van der Waals surface area contributed by atoms with E-state index in [1.807, 2.05) is 0 Å². The van der Waals surface area contributed by atoms with E-state index in [-0.39, 0.29) is 17.1 Å². The van der Waals surface area contributed by atoms with E-state index in [9.17, 15) is 22.8 Å². The quantitative estimate of drug-likeness (QED) is 0.700. The van der Waals surface area contributed by atoms with E-state index in [4.69, 9.17) is 0 Å². The monoisotopic (exact) mass is 437 g/mol. The summed E-state index contributed by atoms with van der Waals surface area (Å²) in [5, 5.41) is 2.44.